The molecule has 0 aromatic carbocycles. The molecule has 0 bridgehead atoms. The molecule has 2 nitrogen and oxygen atoms in total. The standard InChI is InChI=1S/C12H14N2.I3.HI/c1-13-7-3-11(4-8-13)12-5-9-14(2)10-6-12;1-3-2;/h3-10H,1-2H3;;1H/q+2;-1;/p-1. The topological polar surface area (TPSA) is 7.76 Å². The third-order valence-electron chi connectivity index (χ3n) is 2.29. The van der Waals surface area contributed by atoms with Gasteiger partial charge in [0.2, 0.25) is 0 Å². The molecule has 100 valence electrons. The molecule has 0 amide bonds. The molecule has 0 unspecified atom stereocenters. The summed E-state index contributed by atoms with van der Waals surface area (Å²) in [6.07, 6.45) is 8.23. The van der Waals surface area contributed by atoms with E-state index >= 15 is 0 Å². The maximum atomic E-state index is 2.39. The van der Waals surface area contributed by atoms with Crippen LogP contribution in [0.3, 0.4) is 0 Å². The summed E-state index contributed by atoms with van der Waals surface area (Å²) in [5.74, 6) is 0. The van der Waals surface area contributed by atoms with Crippen molar-refractivity contribution in [2.45, 2.75) is 0 Å². The van der Waals surface area contributed by atoms with Crippen LogP contribution in [-0.2, 0) is 14.1 Å². The first-order valence-corrected chi connectivity index (χ1v) is 17.5. The van der Waals surface area contributed by atoms with E-state index in [4.69, 9.17) is 0 Å². The van der Waals surface area contributed by atoms with Gasteiger partial charge in [0.25, 0.3) is 0 Å². The van der Waals surface area contributed by atoms with Gasteiger partial charge in [0, 0.05) is 24.3 Å². The van der Waals surface area contributed by atoms with Gasteiger partial charge in [-0.1, -0.05) is 0 Å². The Balaban J connectivity index is 0.000000660. The molecule has 2 heterocycles. The summed E-state index contributed by atoms with van der Waals surface area (Å²) in [5.41, 5.74) is 2.51. The number of aryl methyl sites for hydroxylation is 2. The van der Waals surface area contributed by atoms with Crippen LogP contribution in [0, 0.1) is 0 Å². The SMILES string of the molecule is C[n+]1ccc(-c2cc[n+](C)cc2)cc1.I[I-]I.[I-]. The van der Waals surface area contributed by atoms with Gasteiger partial charge in [-0.2, -0.15) is 0 Å². The predicted octanol–water partition coefficient (Wildman–Crippen LogP) is -3.22. The second-order valence-corrected chi connectivity index (χ2v) is 19.8. The normalized spacial score (nSPS) is 9.11. The largest absolute Gasteiger partial charge is 1.00 e. The van der Waals surface area contributed by atoms with Crippen LogP contribution in [0.5, 0.6) is 0 Å². The zero-order valence-corrected chi connectivity index (χ0v) is 18.7. The van der Waals surface area contributed by atoms with E-state index in [1.54, 1.807) is 0 Å². The molecule has 2 aromatic heterocycles. The molecule has 0 aliphatic heterocycles. The summed E-state index contributed by atoms with van der Waals surface area (Å²) in [4.78, 5) is 0. The first-order chi connectivity index (χ1) is 8.17. The molecular weight excluding hydrogens is 680 g/mol. The van der Waals surface area contributed by atoms with Gasteiger partial charge in [-0.3, -0.25) is 0 Å². The molecule has 0 fully saturated rings. The molecule has 0 radical (unpaired) electrons. The van der Waals surface area contributed by atoms with Crippen molar-refractivity contribution in [3.8, 4) is 11.1 Å². The first-order valence-electron chi connectivity index (χ1n) is 4.95. The fourth-order valence-corrected chi connectivity index (χ4v) is 1.39. The molecule has 0 atom stereocenters. The number of nitrogens with zero attached hydrogens (tertiary/aromatic N) is 2. The third kappa shape index (κ3) is 7.12. The average molecular weight is 694 g/mol. The van der Waals surface area contributed by atoms with Crippen molar-refractivity contribution in [3.05, 3.63) is 49.1 Å². The summed E-state index contributed by atoms with van der Waals surface area (Å²) in [6.45, 7) is 0. The van der Waals surface area contributed by atoms with E-state index in [1.165, 1.54) is 11.1 Å². The maximum Gasteiger partial charge on any atom is -1.00 e. The van der Waals surface area contributed by atoms with Gasteiger partial charge in [0.05, 0.1) is 0 Å². The quantitative estimate of drug-likeness (QED) is 0.220. The average Bonchev–Trinajstić information content (AvgIpc) is 2.32. The van der Waals surface area contributed by atoms with Gasteiger partial charge in [0.15, 0.2) is 24.8 Å². The summed E-state index contributed by atoms with van der Waals surface area (Å²) in [5, 5.41) is 0. The van der Waals surface area contributed by atoms with Crippen molar-refractivity contribution in [1.29, 1.82) is 0 Å². The fraction of sp³-hybridized carbons (Fsp3) is 0.167. The molecule has 0 aliphatic carbocycles. The number of rotatable bonds is 1. The maximum absolute atomic E-state index is 2.39. The zero-order chi connectivity index (χ0) is 12.7. The Bertz CT molecular complexity index is 399. The third-order valence-corrected chi connectivity index (χ3v) is 2.29. The molecule has 0 saturated heterocycles. The predicted molar refractivity (Wildman–Crippen MR) is 82.3 cm³/mol. The Morgan fingerprint density at radius 1 is 0.778 bits per heavy atom. The van der Waals surface area contributed by atoms with Crippen LogP contribution in [0.2, 0.25) is 0 Å². The number of pyridine rings is 2. The molecule has 2 rings (SSSR count). The monoisotopic (exact) mass is 694 g/mol. The van der Waals surface area contributed by atoms with E-state index in [0.717, 1.165) is 0 Å². The molecule has 0 N–H and O–H groups in total. The Morgan fingerprint density at radius 2 is 1.00 bits per heavy atom. The minimum absolute atomic E-state index is 0. The van der Waals surface area contributed by atoms with Crippen LogP contribution < -0.4 is 46.4 Å². The van der Waals surface area contributed by atoms with Crippen molar-refractivity contribution in [1.82, 2.24) is 0 Å². The van der Waals surface area contributed by atoms with Gasteiger partial charge in [-0.05, 0) is 11.1 Å². The van der Waals surface area contributed by atoms with Crippen LogP contribution in [0.25, 0.3) is 11.1 Å². The summed E-state index contributed by atoms with van der Waals surface area (Å²) < 4.78 is 4.07. The minimum Gasteiger partial charge on any atom is -1.00 e. The summed E-state index contributed by atoms with van der Waals surface area (Å²) in [7, 11) is 4.05. The van der Waals surface area contributed by atoms with Gasteiger partial charge >= 0.3 is 50.5 Å². The van der Waals surface area contributed by atoms with Gasteiger partial charge < -0.3 is 24.0 Å². The van der Waals surface area contributed by atoms with E-state index in [-0.39, 0.29) is 24.0 Å². The smallest absolute Gasteiger partial charge is 1.00 e. The second-order valence-electron chi connectivity index (χ2n) is 3.56. The van der Waals surface area contributed by atoms with E-state index < -0.39 is 0 Å². The molecule has 0 spiro atoms. The van der Waals surface area contributed by atoms with Crippen molar-refractivity contribution in [3.63, 3.8) is 0 Å². The van der Waals surface area contributed by atoms with Crippen LogP contribution in [0.15, 0.2) is 49.1 Å². The number of halogens is 4. The fourth-order valence-electron chi connectivity index (χ4n) is 1.39. The molecule has 0 saturated carbocycles. The second kappa shape index (κ2) is 10.9. The minimum atomic E-state index is 0. The van der Waals surface area contributed by atoms with Crippen molar-refractivity contribution in [2.24, 2.45) is 14.1 Å². The number of aromatic nitrogens is 2. The van der Waals surface area contributed by atoms with E-state index in [0.29, 0.717) is 13.3 Å². The van der Waals surface area contributed by atoms with E-state index in [2.05, 4.69) is 86.3 Å². The zero-order valence-electron chi connectivity index (χ0n) is 10.0. The Morgan fingerprint density at radius 3 is 1.22 bits per heavy atom. The Hall–Kier alpha value is 1.22. The van der Waals surface area contributed by atoms with Crippen molar-refractivity contribution in [2.75, 3.05) is 0 Å². The molecule has 0 aliphatic rings. The molecule has 18 heavy (non-hydrogen) atoms. The van der Waals surface area contributed by atoms with E-state index in [9.17, 15) is 0 Å². The molecule has 2 aromatic rings. The Labute approximate surface area is 155 Å². The van der Waals surface area contributed by atoms with E-state index in [1.807, 2.05) is 23.2 Å². The number of hydrogen-bond donors (Lipinski definition) is 0. The van der Waals surface area contributed by atoms with Gasteiger partial charge in [-0.25, -0.2) is 9.13 Å². The van der Waals surface area contributed by atoms with Gasteiger partial charge in [-0.15, -0.1) is 0 Å². The van der Waals surface area contributed by atoms with Crippen LogP contribution >= 0.6 is 37.2 Å². The molecule has 6 heteroatoms. The van der Waals surface area contributed by atoms with Crippen molar-refractivity contribution >= 4 is 37.2 Å². The molecular formula is C12H14I4N2. The van der Waals surface area contributed by atoms with Crippen LogP contribution in [0.1, 0.15) is 0 Å². The van der Waals surface area contributed by atoms with Gasteiger partial charge in [0.1, 0.15) is 14.1 Å². The summed E-state index contributed by atoms with van der Waals surface area (Å²) >= 11 is 5.30. The Kier molecular flexibility index (Phi) is 11.7. The van der Waals surface area contributed by atoms with Crippen LogP contribution in [0.4, 0.5) is 0 Å². The van der Waals surface area contributed by atoms with Crippen LogP contribution in [-0.4, -0.2) is 0 Å². The van der Waals surface area contributed by atoms with Crippen molar-refractivity contribution < 1.29 is 46.4 Å². The first kappa shape index (κ1) is 19.2. The number of hydrogen-bond acceptors (Lipinski definition) is 0. The summed E-state index contributed by atoms with van der Waals surface area (Å²) in [6, 6.07) is 8.48.